The minimum atomic E-state index is -0.105. The molecule has 0 unspecified atom stereocenters. The minimum absolute atomic E-state index is 0.105. The first-order valence-corrected chi connectivity index (χ1v) is 4.03. The number of H-pyrrole nitrogens is 1. The lowest BCUT2D eigenvalue weighted by atomic mass is 10.3. The number of thiophene rings is 1. The molecule has 0 radical (unpaired) electrons. The first-order valence-electron chi connectivity index (χ1n) is 3.21. The van der Waals surface area contributed by atoms with Crippen LogP contribution in [0.4, 0.5) is 0 Å². The molecule has 1 N–H and O–H groups in total. The van der Waals surface area contributed by atoms with Crippen LogP contribution in [-0.2, 0) is 0 Å². The van der Waals surface area contributed by atoms with Crippen LogP contribution < -0.4 is 5.56 Å². The first-order chi connectivity index (χ1) is 5.27. The van der Waals surface area contributed by atoms with Gasteiger partial charge in [0.1, 0.15) is 0 Å². The van der Waals surface area contributed by atoms with Gasteiger partial charge in [-0.1, -0.05) is 0 Å². The second-order valence-electron chi connectivity index (χ2n) is 2.33. The lowest BCUT2D eigenvalue weighted by Crippen LogP contribution is -2.05. The van der Waals surface area contributed by atoms with Crippen molar-refractivity contribution in [3.8, 4) is 0 Å². The number of rotatable bonds is 0. The number of nitrogens with one attached hydrogen (secondary N) is 1. The van der Waals surface area contributed by atoms with Crippen LogP contribution in [-0.4, -0.2) is 10.2 Å². The van der Waals surface area contributed by atoms with Crippen molar-refractivity contribution in [3.05, 3.63) is 27.5 Å². The molecule has 0 aliphatic carbocycles. The monoisotopic (exact) mass is 166 g/mol. The number of aromatic amines is 1. The van der Waals surface area contributed by atoms with E-state index in [0.29, 0.717) is 0 Å². The van der Waals surface area contributed by atoms with Crippen LogP contribution in [0.1, 0.15) is 4.88 Å². The Balaban J connectivity index is 3.02. The van der Waals surface area contributed by atoms with Gasteiger partial charge in [0, 0.05) is 4.88 Å². The van der Waals surface area contributed by atoms with E-state index < -0.39 is 0 Å². The van der Waals surface area contributed by atoms with Crippen molar-refractivity contribution < 1.29 is 0 Å². The maximum Gasteiger partial charge on any atom is 0.272 e. The average molecular weight is 166 g/mol. The topological polar surface area (TPSA) is 45.8 Å². The highest BCUT2D eigenvalue weighted by atomic mass is 32.1. The van der Waals surface area contributed by atoms with Crippen LogP contribution >= 0.6 is 11.3 Å². The van der Waals surface area contributed by atoms with Gasteiger partial charge in [-0.15, -0.1) is 11.3 Å². The van der Waals surface area contributed by atoms with Crippen molar-refractivity contribution in [2.75, 3.05) is 0 Å². The van der Waals surface area contributed by atoms with E-state index in [2.05, 4.69) is 10.2 Å². The molecule has 0 atom stereocenters. The average Bonchev–Trinajstić information content (AvgIpc) is 2.31. The van der Waals surface area contributed by atoms with Crippen molar-refractivity contribution in [3.63, 3.8) is 0 Å². The van der Waals surface area contributed by atoms with Gasteiger partial charge in [0.2, 0.25) is 0 Å². The molecule has 0 fully saturated rings. The zero-order valence-electron chi connectivity index (χ0n) is 5.92. The smallest absolute Gasteiger partial charge is 0.267 e. The van der Waals surface area contributed by atoms with E-state index in [1.54, 1.807) is 17.5 Å². The van der Waals surface area contributed by atoms with E-state index >= 15 is 0 Å². The molecule has 11 heavy (non-hydrogen) atoms. The van der Waals surface area contributed by atoms with E-state index in [0.717, 1.165) is 15.0 Å². The summed E-state index contributed by atoms with van der Waals surface area (Å²) in [5.74, 6) is 0. The molecule has 2 aromatic rings. The number of hydrogen-bond donors (Lipinski definition) is 1. The molecule has 4 heteroatoms. The normalized spacial score (nSPS) is 10.6. The minimum Gasteiger partial charge on any atom is -0.267 e. The van der Waals surface area contributed by atoms with E-state index in [-0.39, 0.29) is 5.56 Å². The lowest BCUT2D eigenvalue weighted by molar-refractivity contribution is 1.01. The molecular weight excluding hydrogens is 160 g/mol. The molecule has 0 aliphatic rings. The number of hydrogen-bond acceptors (Lipinski definition) is 3. The van der Waals surface area contributed by atoms with E-state index in [4.69, 9.17) is 0 Å². The van der Waals surface area contributed by atoms with Gasteiger partial charge in [-0.05, 0) is 13.0 Å². The van der Waals surface area contributed by atoms with Gasteiger partial charge >= 0.3 is 0 Å². The Bertz CT molecular complexity index is 443. The van der Waals surface area contributed by atoms with Crippen LogP contribution in [0, 0.1) is 6.92 Å². The highest BCUT2D eigenvalue weighted by molar-refractivity contribution is 7.18. The molecular formula is C7H6N2OS. The van der Waals surface area contributed by atoms with E-state index in [1.807, 2.05) is 13.0 Å². The van der Waals surface area contributed by atoms with Crippen molar-refractivity contribution in [2.45, 2.75) is 6.92 Å². The molecule has 56 valence electrons. The van der Waals surface area contributed by atoms with Crippen molar-refractivity contribution >= 4 is 21.4 Å². The lowest BCUT2D eigenvalue weighted by Gasteiger charge is -1.82. The molecule has 3 nitrogen and oxygen atoms in total. The third-order valence-electron chi connectivity index (χ3n) is 1.48. The molecule has 0 amide bonds. The fourth-order valence-corrected chi connectivity index (χ4v) is 1.91. The molecule has 2 heterocycles. The number of fused-ring (bicyclic) bond motifs is 1. The summed E-state index contributed by atoms with van der Waals surface area (Å²) in [4.78, 5) is 12.2. The van der Waals surface area contributed by atoms with Crippen molar-refractivity contribution in [1.29, 1.82) is 0 Å². The van der Waals surface area contributed by atoms with E-state index in [9.17, 15) is 4.79 Å². The molecule has 2 rings (SSSR count). The summed E-state index contributed by atoms with van der Waals surface area (Å²) in [5, 5.41) is 6.83. The fourth-order valence-electron chi connectivity index (χ4n) is 1.02. The molecule has 0 saturated carbocycles. The Hall–Kier alpha value is -1.16. The van der Waals surface area contributed by atoms with Gasteiger partial charge in [0.15, 0.2) is 0 Å². The second-order valence-corrected chi connectivity index (χ2v) is 3.62. The number of nitrogens with zero attached hydrogens (tertiary/aromatic N) is 1. The Kier molecular flexibility index (Phi) is 1.29. The third-order valence-corrected chi connectivity index (χ3v) is 2.46. The van der Waals surface area contributed by atoms with Crippen molar-refractivity contribution in [2.24, 2.45) is 0 Å². The second kappa shape index (κ2) is 2.17. The van der Waals surface area contributed by atoms with Crippen molar-refractivity contribution in [1.82, 2.24) is 10.2 Å². The summed E-state index contributed by atoms with van der Waals surface area (Å²) in [6, 6.07) is 1.88. The quantitative estimate of drug-likeness (QED) is 0.641. The third kappa shape index (κ3) is 0.952. The zero-order chi connectivity index (χ0) is 7.84. The maximum absolute atomic E-state index is 11.1. The van der Waals surface area contributed by atoms with Gasteiger partial charge in [-0.25, -0.2) is 5.10 Å². The molecule has 0 aliphatic heterocycles. The molecule has 2 aromatic heterocycles. The maximum atomic E-state index is 11.1. The van der Waals surface area contributed by atoms with Crippen LogP contribution in [0.5, 0.6) is 0 Å². The summed E-state index contributed by atoms with van der Waals surface area (Å²) < 4.78 is 0.950. The van der Waals surface area contributed by atoms with Gasteiger partial charge in [0.05, 0.1) is 16.3 Å². The SMILES string of the molecule is Cc1cc2c(=O)[nH]ncc2s1. The Labute approximate surface area is 66.7 Å². The summed E-state index contributed by atoms with van der Waals surface area (Å²) >= 11 is 1.58. The predicted octanol–water partition coefficient (Wildman–Crippen LogP) is 1.29. The van der Waals surface area contributed by atoms with Gasteiger partial charge < -0.3 is 0 Å². The molecule has 0 spiro atoms. The summed E-state index contributed by atoms with van der Waals surface area (Å²) in [6.45, 7) is 1.98. The first kappa shape index (κ1) is 6.54. The largest absolute Gasteiger partial charge is 0.272 e. The molecule has 0 bridgehead atoms. The fraction of sp³-hybridized carbons (Fsp3) is 0.143. The molecule has 0 aromatic carbocycles. The van der Waals surface area contributed by atoms with Gasteiger partial charge in [-0.2, -0.15) is 5.10 Å². The van der Waals surface area contributed by atoms with E-state index in [1.165, 1.54) is 0 Å². The summed E-state index contributed by atoms with van der Waals surface area (Å²) in [7, 11) is 0. The highest BCUT2D eigenvalue weighted by Crippen LogP contribution is 2.19. The van der Waals surface area contributed by atoms with Gasteiger partial charge in [0.25, 0.3) is 5.56 Å². The van der Waals surface area contributed by atoms with Crippen LogP contribution in [0.2, 0.25) is 0 Å². The highest BCUT2D eigenvalue weighted by Gasteiger charge is 2.00. The number of aryl methyl sites for hydroxylation is 1. The zero-order valence-corrected chi connectivity index (χ0v) is 6.73. The summed E-state index contributed by atoms with van der Waals surface area (Å²) in [6.07, 6.45) is 1.68. The Morgan fingerprint density at radius 1 is 1.64 bits per heavy atom. The summed E-state index contributed by atoms with van der Waals surface area (Å²) in [5.41, 5.74) is -0.105. The standard InChI is InChI=1S/C7H6N2OS/c1-4-2-5-6(11-4)3-8-9-7(5)10/h2-3H,1H3,(H,9,10). The Morgan fingerprint density at radius 3 is 3.18 bits per heavy atom. The number of aromatic nitrogens is 2. The van der Waals surface area contributed by atoms with Gasteiger partial charge in [-0.3, -0.25) is 4.79 Å². The van der Waals surface area contributed by atoms with Crippen LogP contribution in [0.3, 0.4) is 0 Å². The van der Waals surface area contributed by atoms with Crippen LogP contribution in [0.15, 0.2) is 17.1 Å². The van der Waals surface area contributed by atoms with Crippen LogP contribution in [0.25, 0.3) is 10.1 Å². The predicted molar refractivity (Wildman–Crippen MR) is 45.0 cm³/mol. The Morgan fingerprint density at radius 2 is 2.45 bits per heavy atom. The molecule has 0 saturated heterocycles.